The van der Waals surface area contributed by atoms with Crippen LogP contribution in [0.4, 0.5) is 10.1 Å². The van der Waals surface area contributed by atoms with Gasteiger partial charge in [0.05, 0.1) is 17.8 Å². The number of hydrazine groups is 1. The van der Waals surface area contributed by atoms with Crippen molar-refractivity contribution in [1.82, 2.24) is 5.43 Å². The molecule has 0 spiro atoms. The van der Waals surface area contributed by atoms with Gasteiger partial charge >= 0.3 is 0 Å². The maximum atomic E-state index is 13.3. The minimum atomic E-state index is -0.519. The molecule has 0 unspecified atom stereocenters. The third-order valence-corrected chi connectivity index (χ3v) is 1.92. The van der Waals surface area contributed by atoms with E-state index >= 15 is 0 Å². The fourth-order valence-electron chi connectivity index (χ4n) is 0.942. The zero-order valence-electron chi connectivity index (χ0n) is 8.32. The second-order valence-corrected chi connectivity index (χ2v) is 3.25. The van der Waals surface area contributed by atoms with Crippen molar-refractivity contribution in [1.29, 1.82) is 5.41 Å². The maximum Gasteiger partial charge on any atom is 0.149 e. The molecule has 1 aromatic rings. The van der Waals surface area contributed by atoms with Gasteiger partial charge in [-0.2, -0.15) is 0 Å². The highest BCUT2D eigenvalue weighted by Crippen LogP contribution is 2.29. The van der Waals surface area contributed by atoms with E-state index in [1.807, 2.05) is 0 Å². The predicted molar refractivity (Wildman–Crippen MR) is 58.1 cm³/mol. The first-order chi connectivity index (χ1) is 7.04. The summed E-state index contributed by atoms with van der Waals surface area (Å²) in [5, 5.41) is 7.30. The Morgan fingerprint density at radius 1 is 1.53 bits per heavy atom. The Hall–Kier alpha value is -1.49. The molecule has 0 amide bonds. The minimum Gasteiger partial charge on any atom is -0.495 e. The van der Waals surface area contributed by atoms with Gasteiger partial charge in [-0.05, 0) is 13.0 Å². The lowest BCUT2D eigenvalue weighted by Crippen LogP contribution is -2.26. The van der Waals surface area contributed by atoms with Crippen molar-refractivity contribution in [3.63, 3.8) is 0 Å². The van der Waals surface area contributed by atoms with Gasteiger partial charge in [-0.15, -0.1) is 0 Å². The summed E-state index contributed by atoms with van der Waals surface area (Å²) < 4.78 is 18.2. The smallest absolute Gasteiger partial charge is 0.149 e. The number of ether oxygens (including phenoxy) is 1. The van der Waals surface area contributed by atoms with Gasteiger partial charge in [-0.1, -0.05) is 11.6 Å². The predicted octanol–water partition coefficient (Wildman–Crippen LogP) is 2.40. The number of halogens is 2. The van der Waals surface area contributed by atoms with Gasteiger partial charge in [0, 0.05) is 6.07 Å². The molecular weight excluding hydrogens is 221 g/mol. The highest BCUT2D eigenvalue weighted by Gasteiger charge is 2.08. The fourth-order valence-corrected chi connectivity index (χ4v) is 1.17. The summed E-state index contributed by atoms with van der Waals surface area (Å²) in [4.78, 5) is 0. The summed E-state index contributed by atoms with van der Waals surface area (Å²) in [7, 11) is 1.44. The van der Waals surface area contributed by atoms with E-state index in [1.54, 1.807) is 0 Å². The van der Waals surface area contributed by atoms with Crippen LogP contribution >= 0.6 is 11.6 Å². The summed E-state index contributed by atoms with van der Waals surface area (Å²) >= 11 is 5.71. The van der Waals surface area contributed by atoms with Crippen molar-refractivity contribution in [2.75, 3.05) is 12.5 Å². The van der Waals surface area contributed by atoms with Crippen molar-refractivity contribution in [3.8, 4) is 5.75 Å². The Labute approximate surface area is 91.9 Å². The van der Waals surface area contributed by atoms with Crippen LogP contribution in [0, 0.1) is 11.2 Å². The average Bonchev–Trinajstić information content (AvgIpc) is 2.16. The first kappa shape index (κ1) is 11.6. The summed E-state index contributed by atoms with van der Waals surface area (Å²) in [5.74, 6) is 0.0165. The molecule has 0 fully saturated rings. The Balaban J connectivity index is 2.92. The van der Waals surface area contributed by atoms with E-state index in [0.717, 1.165) is 6.07 Å². The van der Waals surface area contributed by atoms with Crippen LogP contribution < -0.4 is 15.6 Å². The molecule has 0 aromatic heterocycles. The Bertz CT molecular complexity index is 384. The van der Waals surface area contributed by atoms with Crippen molar-refractivity contribution in [3.05, 3.63) is 23.0 Å². The van der Waals surface area contributed by atoms with Gasteiger partial charge in [-0.3, -0.25) is 16.3 Å². The number of rotatable bonds is 3. The quantitative estimate of drug-likeness (QED) is 0.425. The molecule has 0 saturated carbocycles. The molecule has 3 N–H and O–H groups in total. The van der Waals surface area contributed by atoms with Gasteiger partial charge in [0.2, 0.25) is 0 Å². The zero-order chi connectivity index (χ0) is 11.4. The normalized spacial score (nSPS) is 9.60. The van der Waals surface area contributed by atoms with Gasteiger partial charge in [0.15, 0.2) is 0 Å². The fraction of sp³-hybridized carbons (Fsp3) is 0.222. The van der Waals surface area contributed by atoms with Crippen LogP contribution in [0.3, 0.4) is 0 Å². The molecule has 0 heterocycles. The molecule has 1 rings (SSSR count). The molecule has 0 radical (unpaired) electrons. The lowest BCUT2D eigenvalue weighted by Gasteiger charge is -2.11. The Morgan fingerprint density at radius 3 is 2.73 bits per heavy atom. The lowest BCUT2D eigenvalue weighted by molar-refractivity contribution is 0.414. The van der Waals surface area contributed by atoms with E-state index in [2.05, 4.69) is 10.9 Å². The molecule has 0 atom stereocenters. The lowest BCUT2D eigenvalue weighted by atomic mass is 10.3. The third-order valence-electron chi connectivity index (χ3n) is 1.63. The van der Waals surface area contributed by atoms with Gasteiger partial charge in [-0.25, -0.2) is 4.39 Å². The molecule has 0 saturated heterocycles. The van der Waals surface area contributed by atoms with E-state index in [4.69, 9.17) is 21.7 Å². The maximum absolute atomic E-state index is 13.3. The second kappa shape index (κ2) is 4.84. The minimum absolute atomic E-state index is 0.169. The monoisotopic (exact) mass is 231 g/mol. The van der Waals surface area contributed by atoms with Crippen LogP contribution in [0.5, 0.6) is 5.75 Å². The van der Waals surface area contributed by atoms with E-state index in [0.29, 0.717) is 5.75 Å². The molecule has 15 heavy (non-hydrogen) atoms. The molecule has 6 heteroatoms. The molecule has 4 nitrogen and oxygen atoms in total. The molecule has 0 bridgehead atoms. The summed E-state index contributed by atoms with van der Waals surface area (Å²) in [6.45, 7) is 1.53. The first-order valence-electron chi connectivity index (χ1n) is 4.15. The van der Waals surface area contributed by atoms with Crippen molar-refractivity contribution in [2.24, 2.45) is 0 Å². The third kappa shape index (κ3) is 2.99. The number of methoxy groups -OCH3 is 1. The second-order valence-electron chi connectivity index (χ2n) is 2.84. The van der Waals surface area contributed by atoms with E-state index in [1.165, 1.54) is 20.1 Å². The zero-order valence-corrected chi connectivity index (χ0v) is 9.07. The van der Waals surface area contributed by atoms with E-state index in [9.17, 15) is 4.39 Å². The van der Waals surface area contributed by atoms with Crippen LogP contribution in [0.25, 0.3) is 0 Å². The topological polar surface area (TPSA) is 57.1 Å². The summed E-state index contributed by atoms with van der Waals surface area (Å²) in [5.41, 5.74) is 5.16. The SMILES string of the molecule is COc1cc(NNC(C)=N)c(F)cc1Cl. The molecule has 1 aromatic carbocycles. The van der Waals surface area contributed by atoms with Crippen molar-refractivity contribution >= 4 is 23.1 Å². The van der Waals surface area contributed by atoms with Gasteiger partial charge in [0.25, 0.3) is 0 Å². The van der Waals surface area contributed by atoms with Crippen LogP contribution in [-0.4, -0.2) is 12.9 Å². The number of anilines is 1. The Kier molecular flexibility index (Phi) is 3.74. The highest BCUT2D eigenvalue weighted by atomic mass is 35.5. The molecule has 82 valence electrons. The standard InChI is InChI=1S/C9H11ClFN3O/c1-5(12)13-14-8-4-9(15-2)6(10)3-7(8)11/h3-4,14H,1-2H3,(H2,12,13). The molecule has 0 aliphatic carbocycles. The van der Waals surface area contributed by atoms with Crippen LogP contribution in [0.2, 0.25) is 5.02 Å². The number of benzene rings is 1. The van der Waals surface area contributed by atoms with E-state index < -0.39 is 5.82 Å². The average molecular weight is 232 g/mol. The first-order valence-corrected chi connectivity index (χ1v) is 4.52. The number of amidine groups is 1. The molecule has 0 aliphatic rings. The van der Waals surface area contributed by atoms with Crippen LogP contribution in [-0.2, 0) is 0 Å². The van der Waals surface area contributed by atoms with Gasteiger partial charge < -0.3 is 4.74 Å². The highest BCUT2D eigenvalue weighted by molar-refractivity contribution is 6.32. The molecule has 0 aliphatic heterocycles. The van der Waals surface area contributed by atoms with Crippen LogP contribution in [0.1, 0.15) is 6.92 Å². The largest absolute Gasteiger partial charge is 0.495 e. The van der Waals surface area contributed by atoms with Gasteiger partial charge in [0.1, 0.15) is 17.4 Å². The number of hydrogen-bond acceptors (Lipinski definition) is 3. The Morgan fingerprint density at radius 2 is 2.20 bits per heavy atom. The summed E-state index contributed by atoms with van der Waals surface area (Å²) in [6, 6.07) is 2.55. The summed E-state index contributed by atoms with van der Waals surface area (Å²) in [6.07, 6.45) is 0. The number of nitrogens with one attached hydrogen (secondary N) is 3. The van der Waals surface area contributed by atoms with Crippen LogP contribution in [0.15, 0.2) is 12.1 Å². The van der Waals surface area contributed by atoms with E-state index in [-0.39, 0.29) is 16.5 Å². The van der Waals surface area contributed by atoms with Crippen molar-refractivity contribution < 1.29 is 9.13 Å². The number of hydrogen-bond donors (Lipinski definition) is 3. The molecular formula is C9H11ClFN3O. The van der Waals surface area contributed by atoms with Crippen molar-refractivity contribution in [2.45, 2.75) is 6.92 Å².